The average Bonchev–Trinajstić information content (AvgIpc) is 2.13. The van der Waals surface area contributed by atoms with Crippen LogP contribution in [0.2, 0.25) is 0 Å². The van der Waals surface area contributed by atoms with Gasteiger partial charge in [0.2, 0.25) is 0 Å². The number of methoxy groups -OCH3 is 1. The second-order valence-corrected chi connectivity index (χ2v) is 2.87. The number of carbonyl (C=O) groups excluding carboxylic acids is 1. The van der Waals surface area contributed by atoms with Crippen molar-refractivity contribution in [2.45, 2.75) is 19.8 Å². The lowest BCUT2D eigenvalue weighted by Gasteiger charge is -2.12. The first-order valence-electron chi connectivity index (χ1n) is 4.49. The number of ether oxygens (including phenoxy) is 2. The summed E-state index contributed by atoms with van der Waals surface area (Å²) in [5.74, 6) is -1.66. The molecular formula is C9H16O5. The Morgan fingerprint density at radius 3 is 2.50 bits per heavy atom. The monoisotopic (exact) mass is 204 g/mol. The van der Waals surface area contributed by atoms with Gasteiger partial charge in [-0.15, -0.1) is 0 Å². The SMILES string of the molecule is CCC(COC)C(=O)OCCC(=O)O. The van der Waals surface area contributed by atoms with Crippen LogP contribution in [0.1, 0.15) is 19.8 Å². The van der Waals surface area contributed by atoms with E-state index in [1.165, 1.54) is 7.11 Å². The molecule has 0 fully saturated rings. The predicted molar refractivity (Wildman–Crippen MR) is 48.9 cm³/mol. The van der Waals surface area contributed by atoms with Crippen molar-refractivity contribution in [2.24, 2.45) is 5.92 Å². The van der Waals surface area contributed by atoms with Crippen molar-refractivity contribution < 1.29 is 24.2 Å². The van der Waals surface area contributed by atoms with Crippen LogP contribution in [-0.4, -0.2) is 37.4 Å². The van der Waals surface area contributed by atoms with E-state index in [1.54, 1.807) is 0 Å². The molecule has 1 unspecified atom stereocenters. The Hall–Kier alpha value is -1.10. The number of carbonyl (C=O) groups is 2. The first kappa shape index (κ1) is 12.9. The molecule has 0 heterocycles. The highest BCUT2D eigenvalue weighted by molar-refractivity contribution is 5.73. The minimum atomic E-state index is -0.974. The van der Waals surface area contributed by atoms with E-state index in [9.17, 15) is 9.59 Å². The number of hydrogen-bond donors (Lipinski definition) is 1. The number of carboxylic acid groups (broad SMARTS) is 1. The lowest BCUT2D eigenvalue weighted by molar-refractivity contribution is -0.152. The van der Waals surface area contributed by atoms with Gasteiger partial charge >= 0.3 is 11.9 Å². The number of rotatable bonds is 7. The Labute approximate surface area is 83.0 Å². The Kier molecular flexibility index (Phi) is 6.74. The van der Waals surface area contributed by atoms with Gasteiger partial charge in [0.1, 0.15) is 6.61 Å². The van der Waals surface area contributed by atoms with Gasteiger partial charge in [0.05, 0.1) is 18.9 Å². The van der Waals surface area contributed by atoms with Gasteiger partial charge in [0, 0.05) is 7.11 Å². The first-order valence-corrected chi connectivity index (χ1v) is 4.49. The van der Waals surface area contributed by atoms with E-state index in [1.807, 2.05) is 6.92 Å². The van der Waals surface area contributed by atoms with Crippen LogP contribution in [0.5, 0.6) is 0 Å². The third kappa shape index (κ3) is 5.53. The molecule has 0 aromatic carbocycles. The van der Waals surface area contributed by atoms with E-state index in [0.717, 1.165) is 0 Å². The van der Waals surface area contributed by atoms with Crippen molar-refractivity contribution in [2.75, 3.05) is 20.3 Å². The van der Waals surface area contributed by atoms with E-state index in [0.29, 0.717) is 13.0 Å². The van der Waals surface area contributed by atoms with Crippen molar-refractivity contribution in [1.29, 1.82) is 0 Å². The number of carboxylic acids is 1. The standard InChI is InChI=1S/C9H16O5/c1-3-7(6-13-2)9(12)14-5-4-8(10)11/h7H,3-6H2,1-2H3,(H,10,11). The molecule has 0 rings (SSSR count). The van der Waals surface area contributed by atoms with E-state index in [2.05, 4.69) is 0 Å². The van der Waals surface area contributed by atoms with Crippen LogP contribution < -0.4 is 0 Å². The molecule has 14 heavy (non-hydrogen) atoms. The van der Waals surface area contributed by atoms with Crippen molar-refractivity contribution in [1.82, 2.24) is 0 Å². The van der Waals surface area contributed by atoms with Crippen LogP contribution in [0.3, 0.4) is 0 Å². The summed E-state index contributed by atoms with van der Waals surface area (Å²) in [5, 5.41) is 8.31. The Morgan fingerprint density at radius 1 is 1.43 bits per heavy atom. The fourth-order valence-electron chi connectivity index (χ4n) is 0.911. The van der Waals surface area contributed by atoms with Crippen molar-refractivity contribution >= 4 is 11.9 Å². The quantitative estimate of drug-likeness (QED) is 0.617. The minimum absolute atomic E-state index is 0.0750. The fourth-order valence-corrected chi connectivity index (χ4v) is 0.911. The predicted octanol–water partition coefficient (Wildman–Crippen LogP) is 0.677. The molecule has 0 aromatic heterocycles. The number of hydrogen-bond acceptors (Lipinski definition) is 4. The highest BCUT2D eigenvalue weighted by atomic mass is 16.5. The Morgan fingerprint density at radius 2 is 2.07 bits per heavy atom. The maximum atomic E-state index is 11.3. The molecule has 1 N–H and O–H groups in total. The van der Waals surface area contributed by atoms with Crippen molar-refractivity contribution in [3.05, 3.63) is 0 Å². The molecule has 0 aromatic rings. The molecule has 0 aliphatic rings. The first-order chi connectivity index (χ1) is 6.61. The summed E-state index contributed by atoms with van der Waals surface area (Å²) in [5.41, 5.74) is 0. The molecule has 0 saturated carbocycles. The van der Waals surface area contributed by atoms with E-state index >= 15 is 0 Å². The molecule has 0 radical (unpaired) electrons. The van der Waals surface area contributed by atoms with Crippen LogP contribution in [0, 0.1) is 5.92 Å². The van der Waals surface area contributed by atoms with Crippen LogP contribution in [-0.2, 0) is 19.1 Å². The molecule has 0 spiro atoms. The number of aliphatic carboxylic acids is 1. The molecule has 5 heteroatoms. The van der Waals surface area contributed by atoms with Gasteiger partial charge < -0.3 is 14.6 Å². The zero-order valence-corrected chi connectivity index (χ0v) is 8.49. The van der Waals surface area contributed by atoms with Crippen molar-refractivity contribution in [3.8, 4) is 0 Å². The second kappa shape index (κ2) is 7.32. The zero-order valence-electron chi connectivity index (χ0n) is 8.49. The van der Waals surface area contributed by atoms with Crippen molar-refractivity contribution in [3.63, 3.8) is 0 Å². The van der Waals surface area contributed by atoms with Gasteiger partial charge in [-0.05, 0) is 6.42 Å². The Balaban J connectivity index is 3.74. The van der Waals surface area contributed by atoms with Crippen LogP contribution in [0.25, 0.3) is 0 Å². The zero-order chi connectivity index (χ0) is 11.0. The van der Waals surface area contributed by atoms with Crippen LogP contribution >= 0.6 is 0 Å². The molecule has 0 aliphatic carbocycles. The largest absolute Gasteiger partial charge is 0.481 e. The molecule has 5 nitrogen and oxygen atoms in total. The molecular weight excluding hydrogens is 188 g/mol. The van der Waals surface area contributed by atoms with Gasteiger partial charge in [0.25, 0.3) is 0 Å². The lowest BCUT2D eigenvalue weighted by atomic mass is 10.1. The molecule has 0 bridgehead atoms. The van der Waals surface area contributed by atoms with Gasteiger partial charge in [-0.2, -0.15) is 0 Å². The Bertz CT molecular complexity index is 190. The van der Waals surface area contributed by atoms with Crippen LogP contribution in [0.15, 0.2) is 0 Å². The summed E-state index contributed by atoms with van der Waals surface area (Å²) in [7, 11) is 1.51. The third-order valence-electron chi connectivity index (χ3n) is 1.75. The fraction of sp³-hybridized carbons (Fsp3) is 0.778. The van der Waals surface area contributed by atoms with Gasteiger partial charge in [0.15, 0.2) is 0 Å². The van der Waals surface area contributed by atoms with Gasteiger partial charge in [-0.25, -0.2) is 0 Å². The molecule has 82 valence electrons. The summed E-state index contributed by atoms with van der Waals surface area (Å²) >= 11 is 0. The van der Waals surface area contributed by atoms with Gasteiger partial charge in [-0.3, -0.25) is 9.59 Å². The average molecular weight is 204 g/mol. The summed E-state index contributed by atoms with van der Waals surface area (Å²) in [6.45, 7) is 2.08. The highest BCUT2D eigenvalue weighted by Crippen LogP contribution is 2.05. The van der Waals surface area contributed by atoms with Crippen LogP contribution in [0.4, 0.5) is 0 Å². The number of esters is 1. The molecule has 0 amide bonds. The molecule has 1 atom stereocenters. The summed E-state index contributed by atoms with van der Waals surface area (Å²) in [6, 6.07) is 0. The molecule has 0 aliphatic heterocycles. The maximum absolute atomic E-state index is 11.3. The van der Waals surface area contributed by atoms with E-state index < -0.39 is 11.9 Å². The normalized spacial score (nSPS) is 12.1. The third-order valence-corrected chi connectivity index (χ3v) is 1.75. The second-order valence-electron chi connectivity index (χ2n) is 2.87. The van der Waals surface area contributed by atoms with Gasteiger partial charge in [-0.1, -0.05) is 6.92 Å². The summed E-state index contributed by atoms with van der Waals surface area (Å²) < 4.78 is 9.58. The van der Waals surface area contributed by atoms with E-state index in [-0.39, 0.29) is 18.9 Å². The van der Waals surface area contributed by atoms with E-state index in [4.69, 9.17) is 14.6 Å². The minimum Gasteiger partial charge on any atom is -0.481 e. The summed E-state index contributed by atoms with van der Waals surface area (Å²) in [4.78, 5) is 21.4. The molecule has 0 saturated heterocycles. The summed E-state index contributed by atoms with van der Waals surface area (Å²) in [6.07, 6.45) is 0.467. The topological polar surface area (TPSA) is 72.8 Å². The maximum Gasteiger partial charge on any atom is 0.311 e. The smallest absolute Gasteiger partial charge is 0.311 e. The highest BCUT2D eigenvalue weighted by Gasteiger charge is 2.17. The lowest BCUT2D eigenvalue weighted by Crippen LogP contribution is -2.22.